The van der Waals surface area contributed by atoms with E-state index in [4.69, 9.17) is 0 Å². The Balaban J connectivity index is 2.74. The molecule has 1 unspecified atom stereocenters. The number of aromatic nitrogens is 1. The number of sulfone groups is 1. The van der Waals surface area contributed by atoms with Gasteiger partial charge in [0.15, 0.2) is 5.03 Å². The van der Waals surface area contributed by atoms with Crippen LogP contribution in [0.15, 0.2) is 42.1 Å². The van der Waals surface area contributed by atoms with Gasteiger partial charge < -0.3 is 0 Å². The highest BCUT2D eigenvalue weighted by Crippen LogP contribution is 2.19. The predicted molar refractivity (Wildman–Crippen MR) is 60.4 cm³/mol. The van der Waals surface area contributed by atoms with E-state index in [1.165, 1.54) is 18.3 Å². The summed E-state index contributed by atoms with van der Waals surface area (Å²) in [5.74, 6) is 0. The number of unbranched alkanes of at least 4 members (excludes halogenated alkanes) is 1. The SMILES string of the molecule is C=CCCCC(F)S(=O)(=O)c1ccccn1. The number of halogens is 1. The lowest BCUT2D eigenvalue weighted by Crippen LogP contribution is -2.17. The van der Waals surface area contributed by atoms with Crippen LogP contribution in [0.25, 0.3) is 0 Å². The molecule has 1 atom stereocenters. The summed E-state index contributed by atoms with van der Waals surface area (Å²) in [5.41, 5.74) is -1.89. The first kappa shape index (κ1) is 12.8. The van der Waals surface area contributed by atoms with Gasteiger partial charge in [-0.1, -0.05) is 12.1 Å². The van der Waals surface area contributed by atoms with Crippen LogP contribution in [0.1, 0.15) is 19.3 Å². The molecule has 0 fully saturated rings. The summed E-state index contributed by atoms with van der Waals surface area (Å²) in [6, 6.07) is 4.41. The zero-order chi connectivity index (χ0) is 12.0. The molecule has 0 aliphatic carbocycles. The summed E-state index contributed by atoms with van der Waals surface area (Å²) < 4.78 is 36.9. The van der Waals surface area contributed by atoms with Gasteiger partial charge >= 0.3 is 0 Å². The lowest BCUT2D eigenvalue weighted by Gasteiger charge is -2.08. The van der Waals surface area contributed by atoms with Crippen molar-refractivity contribution in [2.24, 2.45) is 0 Å². The standard InChI is InChI=1S/C11H14FNO2S/c1-2-3-4-7-10(12)16(14,15)11-8-5-6-9-13-11/h2,5-6,8-10H,1,3-4,7H2. The van der Waals surface area contributed by atoms with Crippen molar-refractivity contribution in [3.05, 3.63) is 37.1 Å². The maximum atomic E-state index is 13.5. The Bertz CT molecular complexity index is 431. The highest BCUT2D eigenvalue weighted by atomic mass is 32.2. The van der Waals surface area contributed by atoms with E-state index in [-0.39, 0.29) is 11.4 Å². The Hall–Kier alpha value is -1.23. The Morgan fingerprint density at radius 2 is 2.25 bits per heavy atom. The molecule has 0 amide bonds. The van der Waals surface area contributed by atoms with Crippen molar-refractivity contribution in [3.63, 3.8) is 0 Å². The topological polar surface area (TPSA) is 47.0 Å². The number of hydrogen-bond acceptors (Lipinski definition) is 3. The van der Waals surface area contributed by atoms with Crippen molar-refractivity contribution in [1.29, 1.82) is 0 Å². The molecule has 1 heterocycles. The zero-order valence-corrected chi connectivity index (χ0v) is 9.66. The van der Waals surface area contributed by atoms with E-state index in [0.717, 1.165) is 0 Å². The quantitative estimate of drug-likeness (QED) is 0.569. The summed E-state index contributed by atoms with van der Waals surface area (Å²) in [6.45, 7) is 3.49. The van der Waals surface area contributed by atoms with Gasteiger partial charge in [-0.25, -0.2) is 17.8 Å². The van der Waals surface area contributed by atoms with Gasteiger partial charge in [0.2, 0.25) is 15.3 Å². The average molecular weight is 243 g/mol. The molecule has 5 heteroatoms. The number of hydrogen-bond donors (Lipinski definition) is 0. The van der Waals surface area contributed by atoms with E-state index in [1.54, 1.807) is 12.1 Å². The molecule has 3 nitrogen and oxygen atoms in total. The van der Waals surface area contributed by atoms with E-state index in [2.05, 4.69) is 11.6 Å². The van der Waals surface area contributed by atoms with Crippen LogP contribution >= 0.6 is 0 Å². The fraction of sp³-hybridized carbons (Fsp3) is 0.364. The van der Waals surface area contributed by atoms with Crippen molar-refractivity contribution >= 4 is 9.84 Å². The van der Waals surface area contributed by atoms with E-state index < -0.39 is 15.3 Å². The molecule has 1 rings (SSSR count). The molecular formula is C11H14FNO2S. The first-order chi connectivity index (χ1) is 7.59. The summed E-state index contributed by atoms with van der Waals surface area (Å²) in [4.78, 5) is 3.65. The van der Waals surface area contributed by atoms with Crippen LogP contribution in [0.3, 0.4) is 0 Å². The minimum absolute atomic E-state index is 0.0229. The van der Waals surface area contributed by atoms with Gasteiger partial charge in [-0.2, -0.15) is 0 Å². The number of allylic oxidation sites excluding steroid dienone is 1. The second kappa shape index (κ2) is 5.75. The number of rotatable bonds is 6. The van der Waals surface area contributed by atoms with Gasteiger partial charge in [0.05, 0.1) is 0 Å². The molecule has 0 N–H and O–H groups in total. The van der Waals surface area contributed by atoms with E-state index in [0.29, 0.717) is 12.8 Å². The molecule has 0 bridgehead atoms. The fourth-order valence-corrected chi connectivity index (χ4v) is 2.44. The summed E-state index contributed by atoms with van der Waals surface area (Å²) in [6.07, 6.45) is 4.03. The predicted octanol–water partition coefficient (Wildman–Crippen LogP) is 2.51. The van der Waals surface area contributed by atoms with Crippen LogP contribution in [0.4, 0.5) is 4.39 Å². The molecule has 0 radical (unpaired) electrons. The smallest absolute Gasteiger partial charge is 0.227 e. The molecule has 88 valence electrons. The normalized spacial score (nSPS) is 13.3. The van der Waals surface area contributed by atoms with Crippen molar-refractivity contribution in [2.75, 3.05) is 0 Å². The second-order valence-corrected chi connectivity index (χ2v) is 5.36. The third kappa shape index (κ3) is 3.13. The zero-order valence-electron chi connectivity index (χ0n) is 8.84. The molecule has 0 saturated carbocycles. The molecule has 0 saturated heterocycles. The van der Waals surface area contributed by atoms with Gasteiger partial charge in [-0.3, -0.25) is 0 Å². The maximum Gasteiger partial charge on any atom is 0.227 e. The van der Waals surface area contributed by atoms with Gasteiger partial charge in [0, 0.05) is 6.20 Å². The maximum absolute atomic E-state index is 13.5. The molecule has 0 aliphatic rings. The first-order valence-corrected chi connectivity index (χ1v) is 6.53. The van der Waals surface area contributed by atoms with Crippen LogP contribution in [0.2, 0.25) is 0 Å². The van der Waals surface area contributed by atoms with Crippen LogP contribution < -0.4 is 0 Å². The number of alkyl halides is 1. The fourth-order valence-electron chi connectivity index (χ4n) is 1.22. The minimum Gasteiger partial charge on any atom is -0.245 e. The molecular weight excluding hydrogens is 229 g/mol. The van der Waals surface area contributed by atoms with E-state index >= 15 is 0 Å². The lowest BCUT2D eigenvalue weighted by molar-refractivity contribution is 0.391. The van der Waals surface area contributed by atoms with Crippen LogP contribution in [0, 0.1) is 0 Å². The van der Waals surface area contributed by atoms with Gasteiger partial charge in [-0.15, -0.1) is 6.58 Å². The number of pyridine rings is 1. The Morgan fingerprint density at radius 1 is 1.50 bits per heavy atom. The monoisotopic (exact) mass is 243 g/mol. The molecule has 1 aromatic heterocycles. The van der Waals surface area contributed by atoms with Crippen molar-refractivity contribution in [2.45, 2.75) is 29.8 Å². The van der Waals surface area contributed by atoms with Crippen molar-refractivity contribution in [1.82, 2.24) is 4.98 Å². The van der Waals surface area contributed by atoms with Gasteiger partial charge in [0.25, 0.3) is 0 Å². The van der Waals surface area contributed by atoms with E-state index in [9.17, 15) is 12.8 Å². The lowest BCUT2D eigenvalue weighted by atomic mass is 10.2. The third-order valence-electron chi connectivity index (χ3n) is 2.11. The van der Waals surface area contributed by atoms with Crippen LogP contribution in [-0.2, 0) is 9.84 Å². The summed E-state index contributed by atoms with van der Waals surface area (Å²) in [7, 11) is -3.93. The Kier molecular flexibility index (Phi) is 4.61. The highest BCUT2D eigenvalue weighted by Gasteiger charge is 2.27. The molecule has 0 aromatic carbocycles. The van der Waals surface area contributed by atoms with Crippen LogP contribution in [0.5, 0.6) is 0 Å². The molecule has 16 heavy (non-hydrogen) atoms. The van der Waals surface area contributed by atoms with Crippen LogP contribution in [-0.4, -0.2) is 18.9 Å². The average Bonchev–Trinajstić information content (AvgIpc) is 2.30. The summed E-state index contributed by atoms with van der Waals surface area (Å²) in [5, 5.41) is -0.207. The Labute approximate surface area is 94.9 Å². The molecule has 0 aliphatic heterocycles. The third-order valence-corrected chi connectivity index (χ3v) is 3.84. The van der Waals surface area contributed by atoms with Gasteiger partial charge in [0.1, 0.15) is 0 Å². The molecule has 1 aromatic rings. The van der Waals surface area contributed by atoms with Crippen molar-refractivity contribution in [3.8, 4) is 0 Å². The van der Waals surface area contributed by atoms with E-state index in [1.807, 2.05) is 0 Å². The minimum atomic E-state index is -3.93. The van der Waals surface area contributed by atoms with Gasteiger partial charge in [-0.05, 0) is 31.4 Å². The first-order valence-electron chi connectivity index (χ1n) is 4.99. The van der Waals surface area contributed by atoms with Crippen molar-refractivity contribution < 1.29 is 12.8 Å². The highest BCUT2D eigenvalue weighted by molar-refractivity contribution is 7.91. The Morgan fingerprint density at radius 3 is 2.81 bits per heavy atom. The second-order valence-electron chi connectivity index (χ2n) is 3.34. The number of nitrogens with zero attached hydrogens (tertiary/aromatic N) is 1. The summed E-state index contributed by atoms with van der Waals surface area (Å²) >= 11 is 0. The molecule has 0 spiro atoms. The largest absolute Gasteiger partial charge is 0.245 e.